The predicted octanol–water partition coefficient (Wildman–Crippen LogP) is 0.208. The summed E-state index contributed by atoms with van der Waals surface area (Å²) in [5.74, 6) is -0.266. The lowest BCUT2D eigenvalue weighted by Gasteiger charge is -2.26. The summed E-state index contributed by atoms with van der Waals surface area (Å²) in [6, 6.07) is 0.806. The van der Waals surface area contributed by atoms with Crippen LogP contribution in [0.1, 0.15) is 38.5 Å². The molecule has 1 saturated heterocycles. The van der Waals surface area contributed by atoms with E-state index in [2.05, 4.69) is 4.90 Å². The van der Waals surface area contributed by atoms with Crippen LogP contribution in [0.15, 0.2) is 0 Å². The first-order valence-electron chi connectivity index (χ1n) is 5.90. The molecule has 2 rings (SSSR count). The molecule has 0 aromatic heterocycles. The van der Waals surface area contributed by atoms with E-state index in [0.717, 1.165) is 38.4 Å². The van der Waals surface area contributed by atoms with E-state index >= 15 is 0 Å². The number of hydrogen-bond donors (Lipinski definition) is 2. The van der Waals surface area contributed by atoms with E-state index < -0.39 is 0 Å². The summed E-state index contributed by atoms with van der Waals surface area (Å²) in [6.45, 7) is 2.18. The number of carbonyl (C=O) groups is 1. The molecule has 2 fully saturated rings. The smallest absolute Gasteiger partial charge is 0.219 e. The number of nitrogens with two attached hydrogens (primary N) is 2. The van der Waals surface area contributed by atoms with Gasteiger partial charge < -0.3 is 16.4 Å². The van der Waals surface area contributed by atoms with Gasteiger partial charge in [-0.15, -0.1) is 0 Å². The zero-order valence-corrected chi connectivity index (χ0v) is 9.24. The number of hydrogen-bond acceptors (Lipinski definition) is 3. The summed E-state index contributed by atoms with van der Waals surface area (Å²) in [5, 5.41) is 0. The molecule has 0 aromatic rings. The maximum Gasteiger partial charge on any atom is 0.219 e. The van der Waals surface area contributed by atoms with Crippen LogP contribution in [0.5, 0.6) is 0 Å². The second-order valence-electron chi connectivity index (χ2n) is 5.13. The highest BCUT2D eigenvalue weighted by molar-refractivity contribution is 5.75. The highest BCUT2D eigenvalue weighted by Crippen LogP contribution is 2.31. The fourth-order valence-corrected chi connectivity index (χ4v) is 2.57. The molecule has 1 heterocycles. The molecule has 4 nitrogen and oxygen atoms in total. The van der Waals surface area contributed by atoms with Crippen LogP contribution in [0, 0.1) is 0 Å². The first kappa shape index (κ1) is 10.9. The first-order valence-corrected chi connectivity index (χ1v) is 5.90. The van der Waals surface area contributed by atoms with Crippen molar-refractivity contribution in [3.05, 3.63) is 0 Å². The van der Waals surface area contributed by atoms with Crippen LogP contribution in [-0.2, 0) is 4.79 Å². The summed E-state index contributed by atoms with van der Waals surface area (Å²) in [5.41, 5.74) is 11.1. The first-order chi connectivity index (χ1) is 7.09. The summed E-state index contributed by atoms with van der Waals surface area (Å²) in [6.07, 6.45) is 5.96. The molecule has 1 unspecified atom stereocenters. The lowest BCUT2D eigenvalue weighted by atomic mass is 9.88. The predicted molar refractivity (Wildman–Crippen MR) is 59.2 cm³/mol. The van der Waals surface area contributed by atoms with Crippen molar-refractivity contribution in [2.45, 2.75) is 50.1 Å². The number of nitrogens with zero attached hydrogens (tertiary/aromatic N) is 1. The molecule has 2 aliphatic rings. The van der Waals surface area contributed by atoms with Crippen molar-refractivity contribution in [1.82, 2.24) is 4.90 Å². The highest BCUT2D eigenvalue weighted by atomic mass is 16.1. The van der Waals surface area contributed by atoms with E-state index in [0.29, 0.717) is 6.42 Å². The van der Waals surface area contributed by atoms with Crippen molar-refractivity contribution in [3.8, 4) is 0 Å². The number of amides is 1. The van der Waals surface area contributed by atoms with Crippen LogP contribution in [0.2, 0.25) is 0 Å². The fourth-order valence-electron chi connectivity index (χ4n) is 2.57. The Morgan fingerprint density at radius 2 is 2.07 bits per heavy atom. The van der Waals surface area contributed by atoms with Gasteiger partial charge >= 0.3 is 0 Å². The van der Waals surface area contributed by atoms with Gasteiger partial charge in [-0.1, -0.05) is 0 Å². The van der Waals surface area contributed by atoms with E-state index in [4.69, 9.17) is 11.5 Å². The van der Waals surface area contributed by atoms with Gasteiger partial charge in [0.15, 0.2) is 0 Å². The SMILES string of the molecule is NC(=O)CC1(N)CCCN(C2CC2)CC1. The third kappa shape index (κ3) is 2.92. The Kier molecular flexibility index (Phi) is 2.98. The molecule has 0 bridgehead atoms. The summed E-state index contributed by atoms with van der Waals surface area (Å²) in [4.78, 5) is 13.5. The second kappa shape index (κ2) is 4.10. The molecule has 0 radical (unpaired) electrons. The maximum atomic E-state index is 10.9. The molecule has 1 saturated carbocycles. The van der Waals surface area contributed by atoms with Crippen LogP contribution in [0.3, 0.4) is 0 Å². The van der Waals surface area contributed by atoms with Gasteiger partial charge in [-0.05, 0) is 38.6 Å². The molecule has 1 aliphatic heterocycles. The van der Waals surface area contributed by atoms with E-state index in [1.807, 2.05) is 0 Å². The minimum Gasteiger partial charge on any atom is -0.370 e. The van der Waals surface area contributed by atoms with Crippen molar-refractivity contribution < 1.29 is 4.79 Å². The van der Waals surface area contributed by atoms with Crippen LogP contribution >= 0.6 is 0 Å². The Balaban J connectivity index is 1.89. The van der Waals surface area contributed by atoms with E-state index in [1.165, 1.54) is 12.8 Å². The van der Waals surface area contributed by atoms with Crippen LogP contribution in [-0.4, -0.2) is 35.5 Å². The molecule has 0 spiro atoms. The second-order valence-corrected chi connectivity index (χ2v) is 5.13. The summed E-state index contributed by atoms with van der Waals surface area (Å²) >= 11 is 0. The zero-order chi connectivity index (χ0) is 10.9. The van der Waals surface area contributed by atoms with E-state index in [1.54, 1.807) is 0 Å². The number of likely N-dealkylation sites (tertiary alicyclic amines) is 1. The van der Waals surface area contributed by atoms with Gasteiger partial charge in [-0.3, -0.25) is 4.79 Å². The molecule has 15 heavy (non-hydrogen) atoms. The molecular formula is C11H21N3O. The van der Waals surface area contributed by atoms with Crippen molar-refractivity contribution in [1.29, 1.82) is 0 Å². The number of carbonyl (C=O) groups excluding carboxylic acids is 1. The van der Waals surface area contributed by atoms with Crippen molar-refractivity contribution >= 4 is 5.91 Å². The number of primary amides is 1. The topological polar surface area (TPSA) is 72.3 Å². The van der Waals surface area contributed by atoms with E-state index in [9.17, 15) is 4.79 Å². The van der Waals surface area contributed by atoms with Crippen LogP contribution in [0.4, 0.5) is 0 Å². The van der Waals surface area contributed by atoms with Gasteiger partial charge in [0.05, 0.1) is 0 Å². The Morgan fingerprint density at radius 3 is 2.67 bits per heavy atom. The third-order valence-electron chi connectivity index (χ3n) is 3.61. The number of rotatable bonds is 3. The normalized spacial score (nSPS) is 33.7. The van der Waals surface area contributed by atoms with Crippen molar-refractivity contribution in [2.75, 3.05) is 13.1 Å². The van der Waals surface area contributed by atoms with Crippen molar-refractivity contribution in [2.24, 2.45) is 11.5 Å². The molecule has 1 atom stereocenters. The van der Waals surface area contributed by atoms with Gasteiger partial charge in [0.25, 0.3) is 0 Å². The molecule has 86 valence electrons. The van der Waals surface area contributed by atoms with Gasteiger partial charge in [0, 0.05) is 24.5 Å². The van der Waals surface area contributed by atoms with Crippen LogP contribution < -0.4 is 11.5 Å². The van der Waals surface area contributed by atoms with Gasteiger partial charge in [-0.25, -0.2) is 0 Å². The monoisotopic (exact) mass is 211 g/mol. The Bertz CT molecular complexity index is 252. The Morgan fingerprint density at radius 1 is 1.33 bits per heavy atom. The largest absolute Gasteiger partial charge is 0.370 e. The maximum absolute atomic E-state index is 10.9. The Labute approximate surface area is 91.0 Å². The summed E-state index contributed by atoms with van der Waals surface area (Å²) < 4.78 is 0. The quantitative estimate of drug-likeness (QED) is 0.701. The molecule has 1 amide bonds. The van der Waals surface area contributed by atoms with Crippen molar-refractivity contribution in [3.63, 3.8) is 0 Å². The minimum atomic E-state index is -0.338. The molecule has 0 aromatic carbocycles. The average Bonchev–Trinajstić information content (AvgIpc) is 2.90. The van der Waals surface area contributed by atoms with Crippen LogP contribution in [0.25, 0.3) is 0 Å². The van der Waals surface area contributed by atoms with Gasteiger partial charge in [0.2, 0.25) is 5.91 Å². The lowest BCUT2D eigenvalue weighted by Crippen LogP contribution is -2.44. The fraction of sp³-hybridized carbons (Fsp3) is 0.909. The standard InChI is InChI=1S/C11H21N3O/c12-10(15)8-11(13)4-1-6-14(7-5-11)9-2-3-9/h9H,1-8,13H2,(H2,12,15). The highest BCUT2D eigenvalue weighted by Gasteiger charge is 2.35. The van der Waals surface area contributed by atoms with E-state index in [-0.39, 0.29) is 11.4 Å². The summed E-state index contributed by atoms with van der Waals surface area (Å²) in [7, 11) is 0. The lowest BCUT2D eigenvalue weighted by molar-refractivity contribution is -0.119. The minimum absolute atomic E-state index is 0.266. The Hall–Kier alpha value is -0.610. The molecule has 4 heteroatoms. The average molecular weight is 211 g/mol. The molecule has 4 N–H and O–H groups in total. The molecular weight excluding hydrogens is 190 g/mol. The third-order valence-corrected chi connectivity index (χ3v) is 3.61. The zero-order valence-electron chi connectivity index (χ0n) is 9.24. The van der Waals surface area contributed by atoms with Gasteiger partial charge in [0.1, 0.15) is 0 Å². The molecule has 1 aliphatic carbocycles. The van der Waals surface area contributed by atoms with Gasteiger partial charge in [-0.2, -0.15) is 0 Å².